The van der Waals surface area contributed by atoms with Crippen molar-refractivity contribution in [3.05, 3.63) is 47.0 Å². The average Bonchev–Trinajstić information content (AvgIpc) is 2.17. The molecule has 15 heavy (non-hydrogen) atoms. The fraction of sp³-hybridized carbons (Fsp3) is 0. The standard InChI is InChI=1S/C10H5BrF2N2/c11-8-7(6-4-2-1-3-5-6)9(12)15-10(13)14-8/h1-5H. The first-order chi connectivity index (χ1) is 7.18. The zero-order valence-corrected chi connectivity index (χ0v) is 9.00. The average molecular weight is 271 g/mol. The number of nitrogens with zero attached hydrogens (tertiary/aromatic N) is 2. The Balaban J connectivity index is 2.64. The highest BCUT2D eigenvalue weighted by Gasteiger charge is 2.13. The Labute approximate surface area is 93.1 Å². The van der Waals surface area contributed by atoms with E-state index in [0.29, 0.717) is 5.56 Å². The Hall–Kier alpha value is -1.36. The summed E-state index contributed by atoms with van der Waals surface area (Å²) in [5.74, 6) is -0.874. The molecule has 0 amide bonds. The molecule has 76 valence electrons. The van der Waals surface area contributed by atoms with Gasteiger partial charge in [0.25, 0.3) is 0 Å². The van der Waals surface area contributed by atoms with E-state index >= 15 is 0 Å². The lowest BCUT2D eigenvalue weighted by molar-refractivity contribution is 0.482. The zero-order valence-electron chi connectivity index (χ0n) is 7.42. The Morgan fingerprint density at radius 1 is 1.00 bits per heavy atom. The predicted octanol–water partition coefficient (Wildman–Crippen LogP) is 3.18. The van der Waals surface area contributed by atoms with Crippen molar-refractivity contribution in [2.24, 2.45) is 0 Å². The van der Waals surface area contributed by atoms with Gasteiger partial charge in [0, 0.05) is 0 Å². The second kappa shape index (κ2) is 4.02. The molecule has 0 unspecified atom stereocenters. The van der Waals surface area contributed by atoms with Crippen LogP contribution in [0.3, 0.4) is 0 Å². The molecule has 0 fully saturated rings. The molecule has 0 atom stereocenters. The van der Waals surface area contributed by atoms with Crippen LogP contribution in [-0.4, -0.2) is 9.97 Å². The highest BCUT2D eigenvalue weighted by Crippen LogP contribution is 2.27. The molecule has 2 rings (SSSR count). The number of hydrogen-bond acceptors (Lipinski definition) is 2. The maximum Gasteiger partial charge on any atom is 0.312 e. The molecule has 0 saturated heterocycles. The number of benzene rings is 1. The van der Waals surface area contributed by atoms with Gasteiger partial charge in [-0.2, -0.15) is 18.7 Å². The Kier molecular flexibility index (Phi) is 2.73. The molecule has 0 aliphatic carbocycles. The van der Waals surface area contributed by atoms with Crippen LogP contribution in [0.25, 0.3) is 11.1 Å². The van der Waals surface area contributed by atoms with Gasteiger partial charge in [-0.15, -0.1) is 0 Å². The zero-order chi connectivity index (χ0) is 10.8. The highest BCUT2D eigenvalue weighted by molar-refractivity contribution is 9.10. The van der Waals surface area contributed by atoms with E-state index in [0.717, 1.165) is 0 Å². The van der Waals surface area contributed by atoms with Crippen molar-refractivity contribution in [3.8, 4) is 11.1 Å². The van der Waals surface area contributed by atoms with Crippen molar-refractivity contribution in [3.63, 3.8) is 0 Å². The summed E-state index contributed by atoms with van der Waals surface area (Å²) in [4.78, 5) is 6.45. The maximum atomic E-state index is 13.4. The molecule has 0 radical (unpaired) electrons. The van der Waals surface area contributed by atoms with Crippen LogP contribution in [0.2, 0.25) is 0 Å². The van der Waals surface area contributed by atoms with Crippen molar-refractivity contribution in [2.75, 3.05) is 0 Å². The second-order valence-corrected chi connectivity index (χ2v) is 3.57. The summed E-state index contributed by atoms with van der Waals surface area (Å²) in [6.07, 6.45) is -1.08. The summed E-state index contributed by atoms with van der Waals surface area (Å²) in [5, 5.41) is 0. The Morgan fingerprint density at radius 3 is 2.27 bits per heavy atom. The van der Waals surface area contributed by atoms with E-state index < -0.39 is 12.0 Å². The van der Waals surface area contributed by atoms with Gasteiger partial charge in [0.2, 0.25) is 5.95 Å². The van der Waals surface area contributed by atoms with Gasteiger partial charge < -0.3 is 0 Å². The summed E-state index contributed by atoms with van der Waals surface area (Å²) in [6.45, 7) is 0. The third kappa shape index (κ3) is 2.02. The molecule has 1 aromatic carbocycles. The van der Waals surface area contributed by atoms with Crippen molar-refractivity contribution in [1.29, 1.82) is 0 Å². The van der Waals surface area contributed by atoms with Crippen LogP contribution in [0, 0.1) is 12.0 Å². The van der Waals surface area contributed by atoms with Crippen LogP contribution >= 0.6 is 15.9 Å². The van der Waals surface area contributed by atoms with Crippen LogP contribution < -0.4 is 0 Å². The van der Waals surface area contributed by atoms with Gasteiger partial charge in [0.05, 0.1) is 5.56 Å². The van der Waals surface area contributed by atoms with Gasteiger partial charge in [-0.1, -0.05) is 30.3 Å². The minimum absolute atomic E-state index is 0.110. The van der Waals surface area contributed by atoms with Crippen molar-refractivity contribution >= 4 is 15.9 Å². The van der Waals surface area contributed by atoms with Crippen molar-refractivity contribution < 1.29 is 8.78 Å². The molecule has 0 spiro atoms. The molecular formula is C10H5BrF2N2. The van der Waals surface area contributed by atoms with Gasteiger partial charge in [0.1, 0.15) is 4.60 Å². The van der Waals surface area contributed by atoms with Gasteiger partial charge in [-0.3, -0.25) is 0 Å². The van der Waals surface area contributed by atoms with E-state index in [9.17, 15) is 8.78 Å². The third-order valence-electron chi connectivity index (χ3n) is 1.86. The SMILES string of the molecule is Fc1nc(F)c(-c2ccccc2)c(Br)n1. The molecule has 0 aliphatic heterocycles. The van der Waals surface area contributed by atoms with Gasteiger partial charge in [0.15, 0.2) is 0 Å². The number of halogens is 3. The number of aromatic nitrogens is 2. The predicted molar refractivity (Wildman–Crippen MR) is 55.1 cm³/mol. The van der Waals surface area contributed by atoms with Crippen molar-refractivity contribution in [1.82, 2.24) is 9.97 Å². The number of rotatable bonds is 1. The van der Waals surface area contributed by atoms with E-state index in [1.807, 2.05) is 0 Å². The summed E-state index contributed by atoms with van der Waals surface area (Å²) < 4.78 is 26.1. The van der Waals surface area contributed by atoms with E-state index in [-0.39, 0.29) is 10.2 Å². The van der Waals surface area contributed by atoms with Crippen LogP contribution in [0.15, 0.2) is 34.9 Å². The second-order valence-electron chi connectivity index (χ2n) is 2.82. The number of hydrogen-bond donors (Lipinski definition) is 0. The molecule has 0 N–H and O–H groups in total. The van der Waals surface area contributed by atoms with E-state index in [1.165, 1.54) is 0 Å². The largest absolute Gasteiger partial charge is 0.312 e. The van der Waals surface area contributed by atoms with E-state index in [4.69, 9.17) is 0 Å². The van der Waals surface area contributed by atoms with Crippen LogP contribution in [0.4, 0.5) is 8.78 Å². The first-order valence-electron chi connectivity index (χ1n) is 4.12. The molecule has 5 heteroatoms. The molecule has 1 heterocycles. The summed E-state index contributed by atoms with van der Waals surface area (Å²) in [5.41, 5.74) is 0.763. The normalized spacial score (nSPS) is 10.3. The Bertz CT molecular complexity index is 465. The topological polar surface area (TPSA) is 25.8 Å². The van der Waals surface area contributed by atoms with Crippen molar-refractivity contribution in [2.45, 2.75) is 0 Å². The Morgan fingerprint density at radius 2 is 1.67 bits per heavy atom. The van der Waals surface area contributed by atoms with Gasteiger partial charge >= 0.3 is 6.08 Å². The quantitative estimate of drug-likeness (QED) is 0.588. The molecule has 0 saturated carbocycles. The lowest BCUT2D eigenvalue weighted by Gasteiger charge is -2.04. The van der Waals surface area contributed by atoms with Crippen LogP contribution in [-0.2, 0) is 0 Å². The van der Waals surface area contributed by atoms with Gasteiger partial charge in [-0.25, -0.2) is 0 Å². The maximum absolute atomic E-state index is 13.4. The molecule has 2 aromatic rings. The highest BCUT2D eigenvalue weighted by atomic mass is 79.9. The van der Waals surface area contributed by atoms with Crippen LogP contribution in [0.1, 0.15) is 0 Å². The molecule has 1 aromatic heterocycles. The molecule has 0 bridgehead atoms. The lowest BCUT2D eigenvalue weighted by Crippen LogP contribution is -1.98. The molecular weight excluding hydrogens is 266 g/mol. The van der Waals surface area contributed by atoms with E-state index in [1.54, 1.807) is 30.3 Å². The first-order valence-corrected chi connectivity index (χ1v) is 4.92. The summed E-state index contributed by atoms with van der Waals surface area (Å²) >= 11 is 3.00. The third-order valence-corrected chi connectivity index (χ3v) is 2.43. The minimum Gasteiger partial charge on any atom is -0.194 e. The fourth-order valence-corrected chi connectivity index (χ4v) is 1.77. The fourth-order valence-electron chi connectivity index (χ4n) is 1.23. The molecule has 2 nitrogen and oxygen atoms in total. The summed E-state index contributed by atoms with van der Waals surface area (Å²) in [6, 6.07) is 8.71. The lowest BCUT2D eigenvalue weighted by atomic mass is 10.1. The summed E-state index contributed by atoms with van der Waals surface area (Å²) in [7, 11) is 0. The monoisotopic (exact) mass is 270 g/mol. The van der Waals surface area contributed by atoms with E-state index in [2.05, 4.69) is 25.9 Å². The van der Waals surface area contributed by atoms with Crippen LogP contribution in [0.5, 0.6) is 0 Å². The smallest absolute Gasteiger partial charge is 0.194 e. The first kappa shape index (κ1) is 10.2. The van der Waals surface area contributed by atoms with Gasteiger partial charge in [-0.05, 0) is 21.5 Å². The molecule has 0 aliphatic rings. The minimum atomic E-state index is -1.08.